The number of amides is 1. The zero-order valence-corrected chi connectivity index (χ0v) is 14.1. The third kappa shape index (κ3) is 6.37. The van der Waals surface area contributed by atoms with Crippen molar-refractivity contribution in [2.24, 2.45) is 0 Å². The summed E-state index contributed by atoms with van der Waals surface area (Å²) in [6, 6.07) is 5.91. The summed E-state index contributed by atoms with van der Waals surface area (Å²) < 4.78 is 23.3. The molecule has 0 radical (unpaired) electrons. The first-order chi connectivity index (χ1) is 12.1. The number of benzene rings is 1. The van der Waals surface area contributed by atoms with Gasteiger partial charge in [-0.05, 0) is 37.6 Å². The summed E-state index contributed by atoms with van der Waals surface area (Å²) in [4.78, 5) is 27.0. The third-order valence-corrected chi connectivity index (χ3v) is 3.43. The molecule has 0 aliphatic rings. The van der Waals surface area contributed by atoms with Gasteiger partial charge >= 0.3 is 5.97 Å². The van der Waals surface area contributed by atoms with Gasteiger partial charge < -0.3 is 14.5 Å². The summed E-state index contributed by atoms with van der Waals surface area (Å²) >= 11 is 0. The van der Waals surface area contributed by atoms with E-state index in [0.717, 1.165) is 5.56 Å². The Morgan fingerprint density at radius 2 is 2.00 bits per heavy atom. The van der Waals surface area contributed by atoms with Crippen molar-refractivity contribution in [2.75, 3.05) is 13.2 Å². The van der Waals surface area contributed by atoms with Gasteiger partial charge in [-0.15, -0.1) is 0 Å². The van der Waals surface area contributed by atoms with Gasteiger partial charge in [0.2, 0.25) is 5.91 Å². The van der Waals surface area contributed by atoms with Crippen LogP contribution >= 0.6 is 0 Å². The zero-order valence-electron chi connectivity index (χ0n) is 14.1. The van der Waals surface area contributed by atoms with E-state index in [4.69, 9.17) is 9.15 Å². The molecule has 25 heavy (non-hydrogen) atoms. The molecule has 2 aromatic rings. The number of ether oxygens (including phenoxy) is 1. The Kier molecular flexibility index (Phi) is 7.13. The van der Waals surface area contributed by atoms with E-state index in [-0.39, 0.29) is 30.5 Å². The van der Waals surface area contributed by atoms with Crippen LogP contribution in [0.1, 0.15) is 32.1 Å². The summed E-state index contributed by atoms with van der Waals surface area (Å²) in [5.41, 5.74) is 0.726. The molecule has 0 saturated carbocycles. The Balaban J connectivity index is 1.70. The molecule has 0 saturated heterocycles. The fourth-order valence-corrected chi connectivity index (χ4v) is 2.18. The van der Waals surface area contributed by atoms with Crippen LogP contribution in [0, 0.1) is 5.82 Å². The number of aromatic nitrogens is 1. The molecule has 0 fully saturated rings. The topological polar surface area (TPSA) is 81.4 Å². The number of aryl methyl sites for hydroxylation is 1. The number of halogens is 1. The average molecular weight is 348 g/mol. The first kappa shape index (κ1) is 18.6. The smallest absolute Gasteiger partial charge is 0.305 e. The highest BCUT2D eigenvalue weighted by atomic mass is 19.1. The van der Waals surface area contributed by atoms with Gasteiger partial charge in [-0.3, -0.25) is 9.59 Å². The van der Waals surface area contributed by atoms with Gasteiger partial charge in [-0.1, -0.05) is 0 Å². The lowest BCUT2D eigenvalue weighted by Gasteiger charge is -2.04. The van der Waals surface area contributed by atoms with Crippen LogP contribution < -0.4 is 5.32 Å². The van der Waals surface area contributed by atoms with Crippen LogP contribution in [0.3, 0.4) is 0 Å². The SMILES string of the molecule is CCOC(=O)CCCNC(=O)CCc1ncc(-c2ccc(F)cc2)o1. The Labute approximate surface area is 145 Å². The van der Waals surface area contributed by atoms with Crippen molar-refractivity contribution in [1.82, 2.24) is 10.3 Å². The van der Waals surface area contributed by atoms with E-state index in [1.807, 2.05) is 0 Å². The van der Waals surface area contributed by atoms with Gasteiger partial charge in [0.15, 0.2) is 11.7 Å². The van der Waals surface area contributed by atoms with Crippen LogP contribution in [0.15, 0.2) is 34.9 Å². The molecular weight excluding hydrogens is 327 g/mol. The summed E-state index contributed by atoms with van der Waals surface area (Å²) in [5, 5.41) is 2.74. The molecule has 1 aromatic heterocycles. The number of nitrogens with zero attached hydrogens (tertiary/aromatic N) is 1. The van der Waals surface area contributed by atoms with E-state index < -0.39 is 0 Å². The second-order valence-corrected chi connectivity index (χ2v) is 5.38. The molecule has 1 aromatic carbocycles. The van der Waals surface area contributed by atoms with Crippen molar-refractivity contribution in [2.45, 2.75) is 32.6 Å². The molecule has 2 rings (SSSR count). The van der Waals surface area contributed by atoms with Crippen molar-refractivity contribution in [3.8, 4) is 11.3 Å². The van der Waals surface area contributed by atoms with Crippen LogP contribution in [-0.4, -0.2) is 30.0 Å². The van der Waals surface area contributed by atoms with E-state index in [9.17, 15) is 14.0 Å². The maximum atomic E-state index is 12.9. The van der Waals surface area contributed by atoms with Crippen molar-refractivity contribution in [3.63, 3.8) is 0 Å². The number of carbonyl (C=O) groups excluding carboxylic acids is 2. The molecule has 0 unspecified atom stereocenters. The Hall–Kier alpha value is -2.70. The molecule has 1 N–H and O–H groups in total. The van der Waals surface area contributed by atoms with E-state index in [0.29, 0.717) is 37.6 Å². The van der Waals surface area contributed by atoms with Crippen LogP contribution in [0.4, 0.5) is 4.39 Å². The minimum Gasteiger partial charge on any atom is -0.466 e. The summed E-state index contributed by atoms with van der Waals surface area (Å²) in [7, 11) is 0. The maximum Gasteiger partial charge on any atom is 0.305 e. The van der Waals surface area contributed by atoms with E-state index in [1.54, 1.807) is 25.3 Å². The highest BCUT2D eigenvalue weighted by Crippen LogP contribution is 2.21. The number of oxazole rings is 1. The summed E-state index contributed by atoms with van der Waals surface area (Å²) in [6.45, 7) is 2.54. The van der Waals surface area contributed by atoms with Gasteiger partial charge in [0, 0.05) is 31.4 Å². The van der Waals surface area contributed by atoms with Crippen LogP contribution in [0.5, 0.6) is 0 Å². The predicted molar refractivity (Wildman–Crippen MR) is 89.1 cm³/mol. The number of rotatable bonds is 9. The van der Waals surface area contributed by atoms with Crippen molar-refractivity contribution < 1.29 is 23.1 Å². The second kappa shape index (κ2) is 9.56. The lowest BCUT2D eigenvalue weighted by molar-refractivity contribution is -0.143. The summed E-state index contributed by atoms with van der Waals surface area (Å²) in [6.07, 6.45) is 2.99. The van der Waals surface area contributed by atoms with Gasteiger partial charge in [-0.25, -0.2) is 9.37 Å². The highest BCUT2D eigenvalue weighted by Gasteiger charge is 2.09. The van der Waals surface area contributed by atoms with Gasteiger partial charge in [0.05, 0.1) is 12.8 Å². The normalized spacial score (nSPS) is 10.5. The number of hydrogen-bond acceptors (Lipinski definition) is 5. The number of carbonyl (C=O) groups is 2. The standard InChI is InChI=1S/C18H21FN2O4/c1-2-24-18(23)4-3-11-20-16(22)9-10-17-21-12-15(25-17)13-5-7-14(19)8-6-13/h5-8,12H,2-4,9-11H2,1H3,(H,20,22). The number of esters is 1. The maximum absolute atomic E-state index is 12.9. The van der Waals surface area contributed by atoms with Crippen LogP contribution in [0.25, 0.3) is 11.3 Å². The lowest BCUT2D eigenvalue weighted by atomic mass is 10.2. The van der Waals surface area contributed by atoms with Crippen LogP contribution in [0.2, 0.25) is 0 Å². The average Bonchev–Trinajstić information content (AvgIpc) is 3.07. The van der Waals surface area contributed by atoms with Crippen molar-refractivity contribution in [1.29, 1.82) is 0 Å². The molecule has 1 amide bonds. The molecule has 134 valence electrons. The van der Waals surface area contributed by atoms with Crippen molar-refractivity contribution >= 4 is 11.9 Å². The third-order valence-electron chi connectivity index (χ3n) is 3.43. The fourth-order valence-electron chi connectivity index (χ4n) is 2.18. The Morgan fingerprint density at radius 1 is 1.24 bits per heavy atom. The van der Waals surface area contributed by atoms with Gasteiger partial charge in [0.1, 0.15) is 5.82 Å². The molecule has 6 nitrogen and oxygen atoms in total. The molecular formula is C18H21FN2O4. The first-order valence-electron chi connectivity index (χ1n) is 8.21. The minimum absolute atomic E-state index is 0.134. The monoisotopic (exact) mass is 348 g/mol. The quantitative estimate of drug-likeness (QED) is 0.557. The largest absolute Gasteiger partial charge is 0.466 e. The van der Waals surface area contributed by atoms with Crippen molar-refractivity contribution in [3.05, 3.63) is 42.2 Å². The predicted octanol–water partition coefficient (Wildman–Crippen LogP) is 2.87. The Morgan fingerprint density at radius 3 is 2.72 bits per heavy atom. The number of hydrogen-bond donors (Lipinski definition) is 1. The fraction of sp³-hybridized carbons (Fsp3) is 0.389. The zero-order chi connectivity index (χ0) is 18.1. The lowest BCUT2D eigenvalue weighted by Crippen LogP contribution is -2.25. The van der Waals surface area contributed by atoms with E-state index in [2.05, 4.69) is 10.3 Å². The first-order valence-corrected chi connectivity index (χ1v) is 8.21. The Bertz CT molecular complexity index is 697. The van der Waals surface area contributed by atoms with Gasteiger partial charge in [-0.2, -0.15) is 0 Å². The molecule has 0 aliphatic heterocycles. The molecule has 0 bridgehead atoms. The molecule has 7 heteroatoms. The molecule has 0 aliphatic carbocycles. The molecule has 1 heterocycles. The number of nitrogens with one attached hydrogen (secondary N) is 1. The highest BCUT2D eigenvalue weighted by molar-refractivity contribution is 5.76. The molecule has 0 atom stereocenters. The second-order valence-electron chi connectivity index (χ2n) is 5.38. The van der Waals surface area contributed by atoms with E-state index in [1.165, 1.54) is 12.1 Å². The van der Waals surface area contributed by atoms with Gasteiger partial charge in [0.25, 0.3) is 0 Å². The minimum atomic E-state index is -0.317. The van der Waals surface area contributed by atoms with E-state index >= 15 is 0 Å². The molecule has 0 spiro atoms. The van der Waals surface area contributed by atoms with Crippen LogP contribution in [-0.2, 0) is 20.7 Å². The summed E-state index contributed by atoms with van der Waals surface area (Å²) in [5.74, 6) is 0.268.